The summed E-state index contributed by atoms with van der Waals surface area (Å²) in [6, 6.07) is 0. The average molecular weight is 220 g/mol. The zero-order valence-electron chi connectivity index (χ0n) is 10.3. The summed E-state index contributed by atoms with van der Waals surface area (Å²) in [4.78, 5) is 8.54. The first-order chi connectivity index (χ1) is 7.56. The maximum absolute atomic E-state index is 5.82. The second-order valence-electron chi connectivity index (χ2n) is 4.84. The predicted octanol–water partition coefficient (Wildman–Crippen LogP) is 2.28. The first-order valence-electron chi connectivity index (χ1n) is 5.91. The molecule has 0 aliphatic heterocycles. The fourth-order valence-corrected chi connectivity index (χ4v) is 1.93. The summed E-state index contributed by atoms with van der Waals surface area (Å²) in [6.45, 7) is 7.08. The van der Waals surface area contributed by atoms with Gasteiger partial charge in [-0.3, -0.25) is 0 Å². The molecule has 16 heavy (non-hydrogen) atoms. The van der Waals surface area contributed by atoms with E-state index in [1.165, 1.54) is 19.3 Å². The Labute approximate surface area is 96.7 Å². The molecule has 0 atom stereocenters. The molecule has 1 fully saturated rings. The summed E-state index contributed by atoms with van der Waals surface area (Å²) < 4.78 is 0. The molecule has 1 aromatic heterocycles. The van der Waals surface area contributed by atoms with Crippen LogP contribution >= 0.6 is 0 Å². The Morgan fingerprint density at radius 3 is 2.56 bits per heavy atom. The summed E-state index contributed by atoms with van der Waals surface area (Å²) in [6.07, 6.45) is 3.89. The van der Waals surface area contributed by atoms with E-state index in [1.807, 2.05) is 13.8 Å². The van der Waals surface area contributed by atoms with Gasteiger partial charge in [-0.25, -0.2) is 9.97 Å². The van der Waals surface area contributed by atoms with Gasteiger partial charge in [0.15, 0.2) is 0 Å². The van der Waals surface area contributed by atoms with E-state index in [4.69, 9.17) is 5.73 Å². The number of nitrogens with zero attached hydrogens (tertiary/aromatic N) is 2. The molecule has 1 saturated carbocycles. The first kappa shape index (κ1) is 11.2. The van der Waals surface area contributed by atoms with E-state index in [-0.39, 0.29) is 0 Å². The molecule has 0 bridgehead atoms. The van der Waals surface area contributed by atoms with Crippen LogP contribution in [0.5, 0.6) is 0 Å². The first-order valence-corrected chi connectivity index (χ1v) is 5.91. The number of nitrogens with two attached hydrogens (primary N) is 1. The number of aryl methyl sites for hydroxylation is 1. The van der Waals surface area contributed by atoms with Crippen molar-refractivity contribution >= 4 is 11.6 Å². The quantitative estimate of drug-likeness (QED) is 0.817. The van der Waals surface area contributed by atoms with Crippen molar-refractivity contribution in [3.8, 4) is 0 Å². The molecule has 0 saturated heterocycles. The van der Waals surface area contributed by atoms with Gasteiger partial charge in [-0.1, -0.05) is 6.92 Å². The summed E-state index contributed by atoms with van der Waals surface area (Å²) in [5.41, 5.74) is 7.29. The van der Waals surface area contributed by atoms with Crippen molar-refractivity contribution in [2.45, 2.75) is 40.0 Å². The summed E-state index contributed by atoms with van der Waals surface area (Å²) in [5, 5.41) is 3.42. The van der Waals surface area contributed by atoms with Gasteiger partial charge >= 0.3 is 0 Å². The largest absolute Gasteiger partial charge is 0.383 e. The third-order valence-electron chi connectivity index (χ3n) is 3.63. The number of hydrogen-bond acceptors (Lipinski definition) is 4. The van der Waals surface area contributed by atoms with Crippen molar-refractivity contribution in [1.82, 2.24) is 9.97 Å². The lowest BCUT2D eigenvalue weighted by atomic mass is 10.0. The minimum absolute atomic E-state index is 0.514. The van der Waals surface area contributed by atoms with Crippen LogP contribution in [0.2, 0.25) is 0 Å². The molecule has 1 heterocycles. The van der Waals surface area contributed by atoms with E-state index in [2.05, 4.69) is 22.2 Å². The molecule has 0 amide bonds. The Morgan fingerprint density at radius 1 is 1.31 bits per heavy atom. The van der Waals surface area contributed by atoms with E-state index in [0.717, 1.165) is 23.8 Å². The fourth-order valence-electron chi connectivity index (χ4n) is 1.93. The highest BCUT2D eigenvalue weighted by molar-refractivity contribution is 5.54. The number of nitrogen functional groups attached to an aromatic ring is 1. The molecule has 2 rings (SSSR count). The monoisotopic (exact) mass is 220 g/mol. The van der Waals surface area contributed by atoms with Crippen molar-refractivity contribution in [3.05, 3.63) is 11.4 Å². The van der Waals surface area contributed by atoms with Gasteiger partial charge in [0.1, 0.15) is 17.5 Å². The highest BCUT2D eigenvalue weighted by Crippen LogP contribution is 2.48. The van der Waals surface area contributed by atoms with E-state index in [1.54, 1.807) is 0 Å². The fraction of sp³-hybridized carbons (Fsp3) is 0.667. The van der Waals surface area contributed by atoms with Crippen molar-refractivity contribution in [3.63, 3.8) is 0 Å². The Bertz CT molecular complexity index is 396. The van der Waals surface area contributed by atoms with Crippen LogP contribution in [0.3, 0.4) is 0 Å². The molecule has 1 aliphatic rings. The molecule has 4 nitrogen and oxygen atoms in total. The second kappa shape index (κ2) is 3.92. The standard InChI is InChI=1S/C12H20N4/c1-4-12(5-6-12)7-14-11-8(2)10(13)15-9(3)16-11/h4-7H2,1-3H3,(H3,13,14,15,16). The molecular formula is C12H20N4. The van der Waals surface area contributed by atoms with Crippen LogP contribution < -0.4 is 11.1 Å². The maximum atomic E-state index is 5.82. The van der Waals surface area contributed by atoms with Gasteiger partial charge < -0.3 is 11.1 Å². The van der Waals surface area contributed by atoms with Crippen LogP contribution in [-0.2, 0) is 0 Å². The molecule has 0 aromatic carbocycles. The van der Waals surface area contributed by atoms with Crippen LogP contribution in [0, 0.1) is 19.3 Å². The van der Waals surface area contributed by atoms with Crippen molar-refractivity contribution in [2.24, 2.45) is 5.41 Å². The highest BCUT2D eigenvalue weighted by atomic mass is 15.1. The lowest BCUT2D eigenvalue weighted by molar-refractivity contribution is 0.520. The number of rotatable bonds is 4. The molecule has 1 aliphatic carbocycles. The molecule has 88 valence electrons. The Kier molecular flexibility index (Phi) is 2.74. The van der Waals surface area contributed by atoms with E-state index in [9.17, 15) is 0 Å². The Hall–Kier alpha value is -1.32. The van der Waals surface area contributed by atoms with E-state index in [0.29, 0.717) is 11.2 Å². The van der Waals surface area contributed by atoms with E-state index >= 15 is 0 Å². The minimum Gasteiger partial charge on any atom is -0.383 e. The van der Waals surface area contributed by atoms with Crippen molar-refractivity contribution < 1.29 is 0 Å². The highest BCUT2D eigenvalue weighted by Gasteiger charge is 2.40. The smallest absolute Gasteiger partial charge is 0.134 e. The normalized spacial score (nSPS) is 17.2. The van der Waals surface area contributed by atoms with E-state index < -0.39 is 0 Å². The van der Waals surface area contributed by atoms with Gasteiger partial charge in [0.2, 0.25) is 0 Å². The van der Waals surface area contributed by atoms with Crippen LogP contribution in [0.25, 0.3) is 0 Å². The Morgan fingerprint density at radius 2 is 2.00 bits per heavy atom. The van der Waals surface area contributed by atoms with Gasteiger partial charge in [-0.15, -0.1) is 0 Å². The second-order valence-corrected chi connectivity index (χ2v) is 4.84. The number of aromatic nitrogens is 2. The third-order valence-corrected chi connectivity index (χ3v) is 3.63. The molecule has 0 unspecified atom stereocenters. The van der Waals surface area contributed by atoms with Crippen LogP contribution in [0.4, 0.5) is 11.6 Å². The summed E-state index contributed by atoms with van der Waals surface area (Å²) in [5.74, 6) is 2.20. The molecule has 0 radical (unpaired) electrons. The average Bonchev–Trinajstić information content (AvgIpc) is 3.02. The SMILES string of the molecule is CCC1(CNc2nc(C)nc(N)c2C)CC1. The molecule has 1 aromatic rings. The predicted molar refractivity (Wildman–Crippen MR) is 66.4 cm³/mol. The zero-order chi connectivity index (χ0) is 11.8. The topological polar surface area (TPSA) is 63.8 Å². The number of nitrogens with one attached hydrogen (secondary N) is 1. The van der Waals surface area contributed by atoms with Gasteiger partial charge in [-0.05, 0) is 38.5 Å². The lowest BCUT2D eigenvalue weighted by Crippen LogP contribution is -2.17. The minimum atomic E-state index is 0.514. The summed E-state index contributed by atoms with van der Waals surface area (Å²) >= 11 is 0. The Balaban J connectivity index is 2.09. The lowest BCUT2D eigenvalue weighted by Gasteiger charge is -2.16. The molecular weight excluding hydrogens is 200 g/mol. The van der Waals surface area contributed by atoms with Gasteiger partial charge in [-0.2, -0.15) is 0 Å². The van der Waals surface area contributed by atoms with Gasteiger partial charge in [0.25, 0.3) is 0 Å². The number of hydrogen-bond donors (Lipinski definition) is 2. The van der Waals surface area contributed by atoms with Gasteiger partial charge in [0, 0.05) is 12.1 Å². The number of anilines is 2. The molecule has 3 N–H and O–H groups in total. The van der Waals surface area contributed by atoms with Crippen molar-refractivity contribution in [1.29, 1.82) is 0 Å². The van der Waals surface area contributed by atoms with Gasteiger partial charge in [0.05, 0.1) is 0 Å². The van der Waals surface area contributed by atoms with Crippen LogP contribution in [0.15, 0.2) is 0 Å². The van der Waals surface area contributed by atoms with Crippen LogP contribution in [0.1, 0.15) is 37.6 Å². The van der Waals surface area contributed by atoms with Crippen molar-refractivity contribution in [2.75, 3.05) is 17.6 Å². The zero-order valence-corrected chi connectivity index (χ0v) is 10.3. The maximum Gasteiger partial charge on any atom is 0.134 e. The third kappa shape index (κ3) is 2.10. The molecule has 0 spiro atoms. The van der Waals surface area contributed by atoms with Crippen LogP contribution in [-0.4, -0.2) is 16.5 Å². The molecule has 4 heteroatoms. The summed E-state index contributed by atoms with van der Waals surface area (Å²) in [7, 11) is 0.